The van der Waals surface area contributed by atoms with Crippen LogP contribution in [0.15, 0.2) is 24.3 Å². The highest BCUT2D eigenvalue weighted by molar-refractivity contribution is 7.98. The Hall–Kier alpha value is -1.20. The Balaban J connectivity index is 1.87. The lowest BCUT2D eigenvalue weighted by Crippen LogP contribution is -2.33. The van der Waals surface area contributed by atoms with Crippen molar-refractivity contribution in [2.45, 2.75) is 33.0 Å². The van der Waals surface area contributed by atoms with E-state index in [1.165, 1.54) is 0 Å². The Bertz CT molecular complexity index is 493. The Kier molecular flexibility index (Phi) is 6.58. The quantitative estimate of drug-likeness (QED) is 0.865. The molecule has 0 aromatic heterocycles. The highest BCUT2D eigenvalue weighted by Gasteiger charge is 2.25. The van der Waals surface area contributed by atoms with Crippen LogP contribution in [0.2, 0.25) is 0 Å². The number of urea groups is 1. The van der Waals surface area contributed by atoms with Crippen molar-refractivity contribution >= 4 is 23.5 Å². The predicted molar refractivity (Wildman–Crippen MR) is 93.4 cm³/mol. The van der Waals surface area contributed by atoms with Crippen LogP contribution in [0.25, 0.3) is 0 Å². The summed E-state index contributed by atoms with van der Waals surface area (Å²) in [5.41, 5.74) is 1.91. The molecule has 0 spiro atoms. The van der Waals surface area contributed by atoms with Crippen LogP contribution >= 0.6 is 11.8 Å². The maximum atomic E-state index is 12.3. The number of amides is 2. The second-order valence-corrected chi connectivity index (χ2v) is 6.96. The van der Waals surface area contributed by atoms with E-state index in [9.17, 15) is 4.79 Å². The smallest absolute Gasteiger partial charge is 0.321 e. The van der Waals surface area contributed by atoms with Gasteiger partial charge in [0.05, 0.1) is 12.7 Å². The Morgan fingerprint density at radius 2 is 2.32 bits per heavy atom. The summed E-state index contributed by atoms with van der Waals surface area (Å²) in [5.74, 6) is 1.76. The molecule has 1 unspecified atom stereocenters. The third-order valence-corrected chi connectivity index (χ3v) is 4.54. The standard InChI is InChI=1S/C17H26N2O2S/c1-13(2)21-11-14-5-4-6-16(9-14)18-17(20)19-8-7-15(10-19)12-22-3/h4-6,9,13,15H,7-8,10-12H2,1-3H3,(H,18,20). The van der Waals surface area contributed by atoms with E-state index in [1.54, 1.807) is 0 Å². The number of thioether (sulfide) groups is 1. The van der Waals surface area contributed by atoms with E-state index in [-0.39, 0.29) is 12.1 Å². The summed E-state index contributed by atoms with van der Waals surface area (Å²) in [6, 6.07) is 7.88. The van der Waals surface area contributed by atoms with E-state index in [0.29, 0.717) is 12.5 Å². The van der Waals surface area contributed by atoms with Crippen molar-refractivity contribution < 1.29 is 9.53 Å². The SMILES string of the molecule is CSCC1CCN(C(=O)Nc2cccc(COC(C)C)c2)C1. The molecule has 1 aromatic carbocycles. The topological polar surface area (TPSA) is 41.6 Å². The van der Waals surface area contributed by atoms with Gasteiger partial charge in [0.2, 0.25) is 0 Å². The number of ether oxygens (including phenoxy) is 1. The molecule has 5 heteroatoms. The van der Waals surface area contributed by atoms with Gasteiger partial charge < -0.3 is 15.0 Å². The zero-order valence-corrected chi connectivity index (χ0v) is 14.5. The van der Waals surface area contributed by atoms with Gasteiger partial charge in [-0.1, -0.05) is 12.1 Å². The molecular formula is C17H26N2O2S. The highest BCUT2D eigenvalue weighted by Crippen LogP contribution is 2.21. The average Bonchev–Trinajstić information content (AvgIpc) is 2.95. The van der Waals surface area contributed by atoms with Gasteiger partial charge in [0, 0.05) is 18.8 Å². The molecule has 0 aliphatic carbocycles. The number of benzene rings is 1. The van der Waals surface area contributed by atoms with Gasteiger partial charge in [-0.2, -0.15) is 11.8 Å². The van der Waals surface area contributed by atoms with Gasteiger partial charge in [-0.3, -0.25) is 0 Å². The van der Waals surface area contributed by atoms with Crippen LogP contribution in [0.5, 0.6) is 0 Å². The first kappa shape index (κ1) is 17.2. The Morgan fingerprint density at radius 3 is 3.05 bits per heavy atom. The first-order valence-electron chi connectivity index (χ1n) is 7.84. The molecule has 22 heavy (non-hydrogen) atoms. The van der Waals surface area contributed by atoms with Crippen molar-refractivity contribution in [3.8, 4) is 0 Å². The van der Waals surface area contributed by atoms with Crippen molar-refractivity contribution in [1.29, 1.82) is 0 Å². The van der Waals surface area contributed by atoms with Gasteiger partial charge in [0.25, 0.3) is 0 Å². The summed E-state index contributed by atoms with van der Waals surface area (Å²) in [6.45, 7) is 6.32. The molecule has 0 bridgehead atoms. The fourth-order valence-electron chi connectivity index (χ4n) is 2.59. The second-order valence-electron chi connectivity index (χ2n) is 6.05. The number of likely N-dealkylation sites (tertiary alicyclic amines) is 1. The fourth-order valence-corrected chi connectivity index (χ4v) is 3.34. The zero-order chi connectivity index (χ0) is 15.9. The molecule has 122 valence electrons. The lowest BCUT2D eigenvalue weighted by Gasteiger charge is -2.18. The monoisotopic (exact) mass is 322 g/mol. The van der Waals surface area contributed by atoms with E-state index in [0.717, 1.165) is 36.5 Å². The Labute approximate surface area is 137 Å². The average molecular weight is 322 g/mol. The highest BCUT2D eigenvalue weighted by atomic mass is 32.2. The fraction of sp³-hybridized carbons (Fsp3) is 0.588. The molecule has 1 N–H and O–H groups in total. The van der Waals surface area contributed by atoms with E-state index >= 15 is 0 Å². The van der Waals surface area contributed by atoms with Crippen molar-refractivity contribution in [3.63, 3.8) is 0 Å². The summed E-state index contributed by atoms with van der Waals surface area (Å²) in [7, 11) is 0. The first-order valence-corrected chi connectivity index (χ1v) is 9.23. The van der Waals surface area contributed by atoms with Gasteiger partial charge in [-0.05, 0) is 55.9 Å². The minimum Gasteiger partial charge on any atom is -0.374 e. The minimum absolute atomic E-state index is 0.00512. The largest absolute Gasteiger partial charge is 0.374 e. The van der Waals surface area contributed by atoms with E-state index < -0.39 is 0 Å². The molecule has 1 aromatic rings. The number of nitrogens with one attached hydrogen (secondary N) is 1. The normalized spacial score (nSPS) is 18.0. The molecule has 1 aliphatic heterocycles. The van der Waals surface area contributed by atoms with Crippen LogP contribution < -0.4 is 5.32 Å². The molecule has 2 rings (SSSR count). The van der Waals surface area contributed by atoms with Crippen molar-refractivity contribution in [1.82, 2.24) is 4.90 Å². The van der Waals surface area contributed by atoms with Crippen LogP contribution in [-0.2, 0) is 11.3 Å². The number of hydrogen-bond donors (Lipinski definition) is 1. The lowest BCUT2D eigenvalue weighted by atomic mass is 10.2. The van der Waals surface area contributed by atoms with E-state index in [2.05, 4.69) is 11.6 Å². The third-order valence-electron chi connectivity index (χ3n) is 3.74. The van der Waals surface area contributed by atoms with Crippen molar-refractivity contribution in [3.05, 3.63) is 29.8 Å². The van der Waals surface area contributed by atoms with Crippen molar-refractivity contribution in [2.24, 2.45) is 5.92 Å². The summed E-state index contributed by atoms with van der Waals surface area (Å²) in [5, 5.41) is 3.00. The molecule has 4 nitrogen and oxygen atoms in total. The number of anilines is 1. The Morgan fingerprint density at radius 1 is 1.50 bits per heavy atom. The first-order chi connectivity index (χ1) is 10.6. The summed E-state index contributed by atoms with van der Waals surface area (Å²) in [6.07, 6.45) is 3.43. The minimum atomic E-state index is 0.00512. The zero-order valence-electron chi connectivity index (χ0n) is 13.7. The number of rotatable bonds is 6. The maximum Gasteiger partial charge on any atom is 0.321 e. The molecule has 1 fully saturated rings. The van der Waals surface area contributed by atoms with Gasteiger partial charge in [0.15, 0.2) is 0 Å². The van der Waals surface area contributed by atoms with E-state index in [1.807, 2.05) is 54.8 Å². The van der Waals surface area contributed by atoms with Crippen LogP contribution in [0.3, 0.4) is 0 Å². The summed E-state index contributed by atoms with van der Waals surface area (Å²) >= 11 is 1.85. The number of nitrogens with zero attached hydrogens (tertiary/aromatic N) is 1. The number of carbonyl (C=O) groups excluding carboxylic acids is 1. The van der Waals surface area contributed by atoms with Gasteiger partial charge >= 0.3 is 6.03 Å². The van der Waals surface area contributed by atoms with Gasteiger partial charge in [0.1, 0.15) is 0 Å². The molecule has 1 saturated heterocycles. The van der Waals surface area contributed by atoms with Crippen LogP contribution in [0, 0.1) is 5.92 Å². The molecular weight excluding hydrogens is 296 g/mol. The molecule has 1 heterocycles. The molecule has 0 radical (unpaired) electrons. The van der Waals surface area contributed by atoms with Gasteiger partial charge in [-0.25, -0.2) is 4.79 Å². The summed E-state index contributed by atoms with van der Waals surface area (Å²) < 4.78 is 5.60. The number of hydrogen-bond acceptors (Lipinski definition) is 3. The maximum absolute atomic E-state index is 12.3. The molecule has 2 amide bonds. The van der Waals surface area contributed by atoms with Crippen molar-refractivity contribution in [2.75, 3.05) is 30.4 Å². The molecule has 0 saturated carbocycles. The second kappa shape index (κ2) is 8.44. The molecule has 1 atom stereocenters. The lowest BCUT2D eigenvalue weighted by molar-refractivity contribution is 0.0657. The molecule has 1 aliphatic rings. The van der Waals surface area contributed by atoms with E-state index in [4.69, 9.17) is 4.74 Å². The van der Waals surface area contributed by atoms with Gasteiger partial charge in [-0.15, -0.1) is 0 Å². The van der Waals surface area contributed by atoms with Crippen LogP contribution in [0.4, 0.5) is 10.5 Å². The number of carbonyl (C=O) groups is 1. The third kappa shape index (κ3) is 5.21. The van der Waals surface area contributed by atoms with Crippen LogP contribution in [0.1, 0.15) is 25.8 Å². The predicted octanol–water partition coefficient (Wildman–Crippen LogP) is 3.83. The van der Waals surface area contributed by atoms with Crippen LogP contribution in [-0.4, -0.2) is 42.1 Å². The summed E-state index contributed by atoms with van der Waals surface area (Å²) in [4.78, 5) is 14.2.